The minimum absolute atomic E-state index is 0.211. The highest BCUT2D eigenvalue weighted by Crippen LogP contribution is 2.40. The fraction of sp³-hybridized carbons (Fsp3) is 0.588. The Morgan fingerprint density at radius 3 is 2.52 bits per heavy atom. The summed E-state index contributed by atoms with van der Waals surface area (Å²) in [6.07, 6.45) is 7.65. The molecule has 4 heteroatoms. The van der Waals surface area contributed by atoms with Crippen LogP contribution >= 0.6 is 11.6 Å². The van der Waals surface area contributed by atoms with Gasteiger partial charge in [-0.2, -0.15) is 0 Å². The van der Waals surface area contributed by atoms with Crippen molar-refractivity contribution in [1.29, 1.82) is 0 Å². The maximum atomic E-state index is 6.46. The van der Waals surface area contributed by atoms with Gasteiger partial charge in [-0.3, -0.25) is 4.99 Å². The number of nitrogens with two attached hydrogens (primary N) is 1. The van der Waals surface area contributed by atoms with E-state index in [1.54, 1.807) is 0 Å². The summed E-state index contributed by atoms with van der Waals surface area (Å²) >= 11 is 6.46. The summed E-state index contributed by atoms with van der Waals surface area (Å²) in [4.78, 5) is 6.90. The number of aliphatic imine (C=N–C) groups is 1. The molecule has 1 unspecified atom stereocenters. The summed E-state index contributed by atoms with van der Waals surface area (Å²) in [5.74, 6) is 0.685. The lowest BCUT2D eigenvalue weighted by Crippen LogP contribution is -2.52. The van der Waals surface area contributed by atoms with E-state index in [2.05, 4.69) is 22.9 Å². The van der Waals surface area contributed by atoms with Crippen LogP contribution in [-0.4, -0.2) is 23.4 Å². The molecule has 1 aromatic carbocycles. The van der Waals surface area contributed by atoms with Crippen LogP contribution in [0.4, 0.5) is 0 Å². The minimum atomic E-state index is -0.211. The third-order valence-corrected chi connectivity index (χ3v) is 5.30. The number of benzene rings is 1. The van der Waals surface area contributed by atoms with Crippen LogP contribution in [-0.2, 0) is 5.54 Å². The molecule has 3 nitrogen and oxygen atoms in total. The van der Waals surface area contributed by atoms with Crippen molar-refractivity contribution in [2.45, 2.75) is 57.0 Å². The molecule has 1 heterocycles. The van der Waals surface area contributed by atoms with Crippen LogP contribution in [0.3, 0.4) is 0 Å². The first kappa shape index (κ1) is 14.7. The van der Waals surface area contributed by atoms with Gasteiger partial charge in [0.15, 0.2) is 5.96 Å². The molecule has 0 amide bonds. The molecule has 3 rings (SSSR count). The van der Waals surface area contributed by atoms with Crippen LogP contribution in [0.2, 0.25) is 5.02 Å². The van der Waals surface area contributed by atoms with Gasteiger partial charge in [0.1, 0.15) is 0 Å². The number of rotatable bonds is 2. The van der Waals surface area contributed by atoms with Gasteiger partial charge in [0.2, 0.25) is 0 Å². The van der Waals surface area contributed by atoms with Gasteiger partial charge in [-0.15, -0.1) is 0 Å². The molecule has 21 heavy (non-hydrogen) atoms. The molecule has 0 bridgehead atoms. The maximum Gasteiger partial charge on any atom is 0.192 e. The molecule has 0 saturated heterocycles. The Morgan fingerprint density at radius 2 is 1.86 bits per heavy atom. The first-order valence-corrected chi connectivity index (χ1v) is 8.35. The number of hydrogen-bond donors (Lipinski definition) is 1. The molecule has 2 N–H and O–H groups in total. The summed E-state index contributed by atoms with van der Waals surface area (Å²) in [5.41, 5.74) is 7.18. The van der Waals surface area contributed by atoms with Gasteiger partial charge in [0.05, 0.1) is 12.1 Å². The standard InChI is InChI=1S/C17H24ClN3/c1-17(14-10-6-7-11-15(14)18)12-20-16(19)21(17)13-8-4-2-3-5-9-13/h6-7,10-11,13H,2-5,8-9,12H2,1H3,(H2,19,20). The van der Waals surface area contributed by atoms with Crippen LogP contribution in [0, 0.1) is 0 Å². The van der Waals surface area contributed by atoms with Crippen molar-refractivity contribution in [3.63, 3.8) is 0 Å². The van der Waals surface area contributed by atoms with Gasteiger partial charge < -0.3 is 10.6 Å². The molecule has 1 aromatic rings. The van der Waals surface area contributed by atoms with Gasteiger partial charge >= 0.3 is 0 Å². The first-order chi connectivity index (χ1) is 10.1. The van der Waals surface area contributed by atoms with E-state index in [1.165, 1.54) is 38.5 Å². The largest absolute Gasteiger partial charge is 0.370 e. The Labute approximate surface area is 132 Å². The normalized spacial score (nSPS) is 27.5. The summed E-state index contributed by atoms with van der Waals surface area (Å²) < 4.78 is 0. The van der Waals surface area contributed by atoms with Crippen LogP contribution in [0.25, 0.3) is 0 Å². The lowest BCUT2D eigenvalue weighted by molar-refractivity contribution is 0.152. The Balaban J connectivity index is 1.95. The van der Waals surface area contributed by atoms with E-state index in [-0.39, 0.29) is 5.54 Å². The number of guanidine groups is 1. The SMILES string of the molecule is CC1(c2ccccc2Cl)CN=C(N)N1C1CCCCCC1. The van der Waals surface area contributed by atoms with E-state index in [0.717, 1.165) is 10.6 Å². The van der Waals surface area contributed by atoms with E-state index in [1.807, 2.05) is 18.2 Å². The fourth-order valence-corrected chi connectivity index (χ4v) is 4.20. The van der Waals surface area contributed by atoms with E-state index in [4.69, 9.17) is 17.3 Å². The zero-order valence-electron chi connectivity index (χ0n) is 12.7. The number of hydrogen-bond acceptors (Lipinski definition) is 3. The second-order valence-corrected chi connectivity index (χ2v) is 6.85. The molecular weight excluding hydrogens is 282 g/mol. The lowest BCUT2D eigenvalue weighted by Gasteiger charge is -2.42. The summed E-state index contributed by atoms with van der Waals surface area (Å²) in [6, 6.07) is 8.58. The van der Waals surface area contributed by atoms with E-state index in [0.29, 0.717) is 18.5 Å². The monoisotopic (exact) mass is 305 g/mol. The second kappa shape index (κ2) is 5.88. The first-order valence-electron chi connectivity index (χ1n) is 7.97. The van der Waals surface area contributed by atoms with Crippen molar-refractivity contribution in [2.75, 3.05) is 6.54 Å². The van der Waals surface area contributed by atoms with Gasteiger partial charge in [-0.05, 0) is 31.4 Å². The van der Waals surface area contributed by atoms with Gasteiger partial charge in [0, 0.05) is 11.1 Å². The molecule has 0 spiro atoms. The Kier molecular flexibility index (Phi) is 4.12. The van der Waals surface area contributed by atoms with E-state index in [9.17, 15) is 0 Å². The summed E-state index contributed by atoms with van der Waals surface area (Å²) in [5, 5.41) is 0.809. The third-order valence-electron chi connectivity index (χ3n) is 4.97. The highest BCUT2D eigenvalue weighted by atomic mass is 35.5. The number of nitrogens with zero attached hydrogens (tertiary/aromatic N) is 2. The molecule has 1 aliphatic carbocycles. The van der Waals surface area contributed by atoms with Crippen LogP contribution in [0.15, 0.2) is 29.3 Å². The van der Waals surface area contributed by atoms with Gasteiger partial charge in [-0.1, -0.05) is 55.5 Å². The molecule has 1 atom stereocenters. The molecule has 0 aromatic heterocycles. The Bertz CT molecular complexity index is 535. The van der Waals surface area contributed by atoms with Crippen molar-refractivity contribution in [1.82, 2.24) is 4.90 Å². The van der Waals surface area contributed by atoms with Gasteiger partial charge in [0.25, 0.3) is 0 Å². The molecule has 1 aliphatic heterocycles. The molecular formula is C17H24ClN3. The number of halogens is 1. The highest BCUT2D eigenvalue weighted by molar-refractivity contribution is 6.31. The Morgan fingerprint density at radius 1 is 1.19 bits per heavy atom. The zero-order chi connectivity index (χ0) is 14.9. The minimum Gasteiger partial charge on any atom is -0.370 e. The van der Waals surface area contributed by atoms with Crippen LogP contribution < -0.4 is 5.73 Å². The lowest BCUT2D eigenvalue weighted by atomic mass is 9.88. The summed E-state index contributed by atoms with van der Waals surface area (Å²) in [7, 11) is 0. The van der Waals surface area contributed by atoms with Gasteiger partial charge in [-0.25, -0.2) is 0 Å². The maximum absolute atomic E-state index is 6.46. The average Bonchev–Trinajstić information content (AvgIpc) is 2.68. The highest BCUT2D eigenvalue weighted by Gasteiger charge is 2.44. The predicted octanol–water partition coefficient (Wildman–Crippen LogP) is 3.91. The molecule has 1 fully saturated rings. The van der Waals surface area contributed by atoms with Crippen molar-refractivity contribution in [3.05, 3.63) is 34.9 Å². The molecule has 2 aliphatic rings. The Hall–Kier alpha value is -1.22. The van der Waals surface area contributed by atoms with Crippen molar-refractivity contribution < 1.29 is 0 Å². The average molecular weight is 306 g/mol. The molecule has 114 valence electrons. The van der Waals surface area contributed by atoms with E-state index < -0.39 is 0 Å². The zero-order valence-corrected chi connectivity index (χ0v) is 13.4. The quantitative estimate of drug-likeness (QED) is 0.842. The molecule has 0 radical (unpaired) electrons. The molecule has 1 saturated carbocycles. The van der Waals surface area contributed by atoms with E-state index >= 15 is 0 Å². The van der Waals surface area contributed by atoms with Crippen LogP contribution in [0.1, 0.15) is 51.0 Å². The smallest absolute Gasteiger partial charge is 0.192 e. The third kappa shape index (κ3) is 2.64. The van der Waals surface area contributed by atoms with Crippen LogP contribution in [0.5, 0.6) is 0 Å². The topological polar surface area (TPSA) is 41.6 Å². The van der Waals surface area contributed by atoms with Crippen molar-refractivity contribution >= 4 is 17.6 Å². The fourth-order valence-electron chi connectivity index (χ4n) is 3.86. The van der Waals surface area contributed by atoms with Crippen molar-refractivity contribution in [3.8, 4) is 0 Å². The van der Waals surface area contributed by atoms with Crippen molar-refractivity contribution in [2.24, 2.45) is 10.7 Å². The predicted molar refractivity (Wildman–Crippen MR) is 88.6 cm³/mol. The second-order valence-electron chi connectivity index (χ2n) is 6.44. The summed E-state index contributed by atoms with van der Waals surface area (Å²) in [6.45, 7) is 2.92.